The largest absolute Gasteiger partial charge is 0.504 e. The first-order valence-corrected chi connectivity index (χ1v) is 9.19. The maximum Gasteiger partial charge on any atom is 0.0830 e. The second-order valence-corrected chi connectivity index (χ2v) is 7.03. The number of ether oxygens (including phenoxy) is 1. The highest BCUT2D eigenvalue weighted by molar-refractivity contribution is 7.20. The fourth-order valence-electron chi connectivity index (χ4n) is 2.90. The van der Waals surface area contributed by atoms with E-state index in [0.717, 1.165) is 16.1 Å². The van der Waals surface area contributed by atoms with E-state index in [1.807, 2.05) is 37.3 Å². The van der Waals surface area contributed by atoms with Gasteiger partial charge in [0.1, 0.15) is 0 Å². The molecule has 0 N–H and O–H groups in total. The Kier molecular flexibility index (Phi) is 5.42. The van der Waals surface area contributed by atoms with E-state index in [0.29, 0.717) is 0 Å². The highest BCUT2D eigenvalue weighted by atomic mass is 35.5. The third kappa shape index (κ3) is 3.41. The molecule has 3 aromatic rings. The van der Waals surface area contributed by atoms with Gasteiger partial charge in [-0.2, -0.15) is 0 Å². The summed E-state index contributed by atoms with van der Waals surface area (Å²) in [6, 6.07) is 12.3. The lowest BCUT2D eigenvalue weighted by atomic mass is 9.97. The van der Waals surface area contributed by atoms with Gasteiger partial charge in [-0.05, 0) is 47.9 Å². The molecule has 0 unspecified atom stereocenters. The van der Waals surface area contributed by atoms with Crippen LogP contribution in [0, 0.1) is 0 Å². The first kappa shape index (κ1) is 17.5. The molecule has 1 nitrogen and oxygen atoms in total. The SMILES string of the molecule is C=Cc1c(/C=C\C)sc2c(-c3cc(Cl)ccc3/C=C/OC)cccc12. The third-order valence-corrected chi connectivity index (χ3v) is 5.45. The lowest BCUT2D eigenvalue weighted by molar-refractivity contribution is 0.341. The summed E-state index contributed by atoms with van der Waals surface area (Å²) in [6.07, 6.45) is 9.77. The lowest BCUT2D eigenvalue weighted by Gasteiger charge is -2.09. The van der Waals surface area contributed by atoms with Crippen LogP contribution in [0.3, 0.4) is 0 Å². The van der Waals surface area contributed by atoms with Crippen LogP contribution in [0.25, 0.3) is 39.4 Å². The Morgan fingerprint density at radius 2 is 1.96 bits per heavy atom. The molecule has 126 valence electrons. The van der Waals surface area contributed by atoms with E-state index >= 15 is 0 Å². The van der Waals surface area contributed by atoms with Crippen LogP contribution >= 0.6 is 22.9 Å². The Morgan fingerprint density at radius 3 is 2.68 bits per heavy atom. The Balaban J connectivity index is 2.32. The second-order valence-electron chi connectivity index (χ2n) is 5.54. The zero-order chi connectivity index (χ0) is 17.8. The minimum Gasteiger partial charge on any atom is -0.504 e. The highest BCUT2D eigenvalue weighted by Gasteiger charge is 2.14. The Labute approximate surface area is 157 Å². The molecule has 0 radical (unpaired) electrons. The van der Waals surface area contributed by atoms with Crippen molar-refractivity contribution < 1.29 is 4.74 Å². The molecular weight excluding hydrogens is 348 g/mol. The minimum atomic E-state index is 0.718. The highest BCUT2D eigenvalue weighted by Crippen LogP contribution is 2.41. The molecule has 0 saturated heterocycles. The quantitative estimate of drug-likeness (QED) is 0.424. The van der Waals surface area contributed by atoms with Gasteiger partial charge in [-0.25, -0.2) is 0 Å². The monoisotopic (exact) mass is 366 g/mol. The average molecular weight is 367 g/mol. The Hall–Kier alpha value is -2.29. The lowest BCUT2D eigenvalue weighted by Crippen LogP contribution is -1.85. The van der Waals surface area contributed by atoms with Crippen LogP contribution in [-0.4, -0.2) is 7.11 Å². The minimum absolute atomic E-state index is 0.718. The number of thiophene rings is 1. The first-order chi connectivity index (χ1) is 12.2. The zero-order valence-electron chi connectivity index (χ0n) is 14.3. The van der Waals surface area contributed by atoms with Gasteiger partial charge in [0.25, 0.3) is 0 Å². The first-order valence-electron chi connectivity index (χ1n) is 7.99. The Bertz CT molecular complexity index is 979. The maximum absolute atomic E-state index is 6.29. The van der Waals surface area contributed by atoms with Gasteiger partial charge >= 0.3 is 0 Å². The fourth-order valence-corrected chi connectivity index (χ4v) is 4.38. The van der Waals surface area contributed by atoms with Gasteiger partial charge in [-0.1, -0.05) is 54.6 Å². The molecule has 0 saturated carbocycles. The van der Waals surface area contributed by atoms with Gasteiger partial charge in [0.05, 0.1) is 13.4 Å². The normalized spacial score (nSPS) is 11.6. The van der Waals surface area contributed by atoms with Gasteiger partial charge in [-0.3, -0.25) is 0 Å². The van der Waals surface area contributed by atoms with Crippen LogP contribution < -0.4 is 0 Å². The topological polar surface area (TPSA) is 9.23 Å². The van der Waals surface area contributed by atoms with Crippen molar-refractivity contribution in [2.75, 3.05) is 7.11 Å². The molecule has 25 heavy (non-hydrogen) atoms. The molecule has 0 spiro atoms. The molecule has 3 heteroatoms. The van der Waals surface area contributed by atoms with Crippen LogP contribution in [0.1, 0.15) is 22.9 Å². The molecule has 0 aliphatic heterocycles. The molecule has 0 atom stereocenters. The molecule has 0 bridgehead atoms. The smallest absolute Gasteiger partial charge is 0.0830 e. The summed E-state index contributed by atoms with van der Waals surface area (Å²) in [5.41, 5.74) is 4.51. The van der Waals surface area contributed by atoms with Crippen LogP contribution in [-0.2, 0) is 4.74 Å². The number of hydrogen-bond donors (Lipinski definition) is 0. The second kappa shape index (κ2) is 7.73. The summed E-state index contributed by atoms with van der Waals surface area (Å²) in [6.45, 7) is 6.03. The zero-order valence-corrected chi connectivity index (χ0v) is 15.8. The van der Waals surface area contributed by atoms with Crippen molar-refractivity contribution in [3.05, 3.63) is 76.3 Å². The number of benzene rings is 2. The molecule has 0 aliphatic rings. The molecule has 2 aromatic carbocycles. The summed E-state index contributed by atoms with van der Waals surface area (Å²) in [4.78, 5) is 1.22. The van der Waals surface area contributed by atoms with E-state index in [1.54, 1.807) is 24.7 Å². The number of methoxy groups -OCH3 is 1. The van der Waals surface area contributed by atoms with Gasteiger partial charge in [0.15, 0.2) is 0 Å². The van der Waals surface area contributed by atoms with E-state index in [2.05, 4.69) is 36.9 Å². The summed E-state index contributed by atoms with van der Waals surface area (Å²) < 4.78 is 6.33. The van der Waals surface area contributed by atoms with Crippen molar-refractivity contribution in [2.24, 2.45) is 0 Å². The van der Waals surface area contributed by atoms with Crippen LogP contribution in [0.5, 0.6) is 0 Å². The predicted molar refractivity (Wildman–Crippen MR) is 113 cm³/mol. The van der Waals surface area contributed by atoms with E-state index < -0.39 is 0 Å². The van der Waals surface area contributed by atoms with Crippen LogP contribution in [0.2, 0.25) is 5.02 Å². The predicted octanol–water partition coefficient (Wildman–Crippen LogP) is 7.51. The number of rotatable bonds is 5. The van der Waals surface area contributed by atoms with Crippen molar-refractivity contribution >= 4 is 51.3 Å². The third-order valence-electron chi connectivity index (χ3n) is 3.99. The molecule has 0 aliphatic carbocycles. The van der Waals surface area contributed by atoms with Crippen molar-refractivity contribution in [2.45, 2.75) is 6.92 Å². The average Bonchev–Trinajstić information content (AvgIpc) is 2.98. The van der Waals surface area contributed by atoms with Crippen LogP contribution in [0.4, 0.5) is 0 Å². The van der Waals surface area contributed by atoms with Gasteiger partial charge in [0.2, 0.25) is 0 Å². The summed E-state index contributed by atoms with van der Waals surface area (Å²) in [5, 5.41) is 1.93. The van der Waals surface area contributed by atoms with E-state index in [9.17, 15) is 0 Å². The summed E-state index contributed by atoms with van der Waals surface area (Å²) >= 11 is 8.06. The molecule has 3 rings (SSSR count). The van der Waals surface area contributed by atoms with Crippen molar-refractivity contribution in [3.8, 4) is 11.1 Å². The number of fused-ring (bicyclic) bond motifs is 1. The number of hydrogen-bond acceptors (Lipinski definition) is 2. The van der Waals surface area contributed by atoms with Crippen LogP contribution in [0.15, 0.2) is 55.3 Å². The molecule has 0 amide bonds. The standard InChI is InChI=1S/C22H19ClOS/c1-4-7-21-17(5-2)18-8-6-9-19(22(18)25-21)20-14-16(23)11-10-15(20)12-13-24-3/h4-14H,2H2,1,3H3/b7-4-,13-12+. The molecule has 0 fully saturated rings. The molecule has 1 aromatic heterocycles. The van der Waals surface area contributed by atoms with E-state index in [4.69, 9.17) is 16.3 Å². The van der Waals surface area contributed by atoms with Gasteiger partial charge in [0, 0.05) is 25.5 Å². The molecule has 1 heterocycles. The summed E-state index contributed by atoms with van der Waals surface area (Å²) in [7, 11) is 1.64. The number of halogens is 1. The summed E-state index contributed by atoms with van der Waals surface area (Å²) in [5.74, 6) is 0. The van der Waals surface area contributed by atoms with E-state index in [-0.39, 0.29) is 0 Å². The van der Waals surface area contributed by atoms with Crippen molar-refractivity contribution in [1.82, 2.24) is 0 Å². The van der Waals surface area contributed by atoms with Crippen molar-refractivity contribution in [3.63, 3.8) is 0 Å². The van der Waals surface area contributed by atoms with E-state index in [1.165, 1.54) is 26.1 Å². The molecular formula is C22H19ClOS. The number of allylic oxidation sites excluding steroid dienone is 1. The fraction of sp³-hybridized carbons (Fsp3) is 0.0909. The maximum atomic E-state index is 6.29. The van der Waals surface area contributed by atoms with Gasteiger partial charge < -0.3 is 4.74 Å². The Morgan fingerprint density at radius 1 is 1.12 bits per heavy atom. The van der Waals surface area contributed by atoms with Crippen molar-refractivity contribution in [1.29, 1.82) is 0 Å². The van der Waals surface area contributed by atoms with Gasteiger partial charge in [-0.15, -0.1) is 11.3 Å².